The van der Waals surface area contributed by atoms with Crippen LogP contribution in [0.1, 0.15) is 17.9 Å². The molecule has 0 amide bonds. The average molecular weight is 249 g/mol. The van der Waals surface area contributed by atoms with E-state index in [2.05, 4.69) is 5.32 Å². The van der Waals surface area contributed by atoms with Crippen molar-refractivity contribution in [2.45, 2.75) is 12.3 Å². The molecule has 1 aromatic rings. The Morgan fingerprint density at radius 2 is 2.11 bits per heavy atom. The van der Waals surface area contributed by atoms with E-state index in [0.29, 0.717) is 19.1 Å². The van der Waals surface area contributed by atoms with Crippen LogP contribution in [-0.2, 0) is 0 Å². The van der Waals surface area contributed by atoms with Crippen LogP contribution in [-0.4, -0.2) is 38.0 Å². The number of nitrogens with one attached hydrogen (secondary N) is 1. The molecule has 0 aliphatic carbocycles. The minimum atomic E-state index is 0.186. The van der Waals surface area contributed by atoms with Gasteiger partial charge in [0.1, 0.15) is 13.2 Å². The molecule has 3 rings (SSSR count). The molecule has 4 nitrogen and oxygen atoms in total. The second-order valence-corrected chi connectivity index (χ2v) is 4.95. The average Bonchev–Trinajstić information content (AvgIpc) is 2.93. The molecule has 2 heterocycles. The third-order valence-corrected chi connectivity index (χ3v) is 3.86. The summed E-state index contributed by atoms with van der Waals surface area (Å²) < 4.78 is 11.1. The standard InChI is InChI=1S/C14H19NO3/c16-9-12(11-3-4-15-8-11)10-1-2-13-14(7-10)18-6-5-17-13/h1-2,7,11-12,15-16H,3-6,8-9H2. The normalized spacial score (nSPS) is 23.9. The summed E-state index contributed by atoms with van der Waals surface area (Å²) in [6, 6.07) is 6.02. The van der Waals surface area contributed by atoms with Crippen molar-refractivity contribution in [3.05, 3.63) is 23.8 Å². The van der Waals surface area contributed by atoms with E-state index < -0.39 is 0 Å². The molecule has 2 aliphatic heterocycles. The third-order valence-electron chi connectivity index (χ3n) is 3.86. The Morgan fingerprint density at radius 3 is 2.83 bits per heavy atom. The Labute approximate surface area is 107 Å². The molecule has 98 valence electrons. The molecule has 2 atom stereocenters. The van der Waals surface area contributed by atoms with Gasteiger partial charge >= 0.3 is 0 Å². The van der Waals surface area contributed by atoms with Crippen molar-refractivity contribution < 1.29 is 14.6 Å². The quantitative estimate of drug-likeness (QED) is 0.843. The summed E-state index contributed by atoms with van der Waals surface area (Å²) in [5.74, 6) is 2.32. The first-order chi connectivity index (χ1) is 8.88. The summed E-state index contributed by atoms with van der Waals surface area (Å²) in [5.41, 5.74) is 1.15. The fourth-order valence-corrected chi connectivity index (χ4v) is 2.84. The van der Waals surface area contributed by atoms with Gasteiger partial charge in [0, 0.05) is 5.92 Å². The van der Waals surface area contributed by atoms with Gasteiger partial charge in [-0.05, 0) is 43.1 Å². The Balaban J connectivity index is 1.85. The van der Waals surface area contributed by atoms with Gasteiger partial charge in [-0.1, -0.05) is 6.07 Å². The summed E-state index contributed by atoms with van der Waals surface area (Å²) in [5, 5.41) is 13.0. The molecule has 0 saturated carbocycles. The zero-order valence-electron chi connectivity index (χ0n) is 10.4. The summed E-state index contributed by atoms with van der Waals surface area (Å²) >= 11 is 0. The second kappa shape index (κ2) is 5.16. The lowest BCUT2D eigenvalue weighted by Crippen LogP contribution is -2.20. The number of hydrogen-bond acceptors (Lipinski definition) is 4. The van der Waals surface area contributed by atoms with Gasteiger partial charge in [-0.25, -0.2) is 0 Å². The Hall–Kier alpha value is -1.26. The zero-order valence-corrected chi connectivity index (χ0v) is 10.4. The van der Waals surface area contributed by atoms with Gasteiger partial charge in [0.15, 0.2) is 11.5 Å². The minimum absolute atomic E-state index is 0.186. The summed E-state index contributed by atoms with van der Waals surface area (Å²) in [6.45, 7) is 3.44. The van der Waals surface area contributed by atoms with Crippen LogP contribution in [0.25, 0.3) is 0 Å². The fourth-order valence-electron chi connectivity index (χ4n) is 2.84. The lowest BCUT2D eigenvalue weighted by atomic mass is 9.86. The van der Waals surface area contributed by atoms with E-state index in [4.69, 9.17) is 9.47 Å². The number of rotatable bonds is 3. The number of benzene rings is 1. The molecule has 1 fully saturated rings. The predicted molar refractivity (Wildman–Crippen MR) is 68.2 cm³/mol. The maximum absolute atomic E-state index is 9.64. The van der Waals surface area contributed by atoms with Crippen molar-refractivity contribution in [2.75, 3.05) is 32.9 Å². The first-order valence-electron chi connectivity index (χ1n) is 6.59. The van der Waals surface area contributed by atoms with E-state index in [0.717, 1.165) is 36.6 Å². The molecule has 18 heavy (non-hydrogen) atoms. The summed E-state index contributed by atoms with van der Waals surface area (Å²) in [6.07, 6.45) is 1.12. The van der Waals surface area contributed by atoms with Crippen LogP contribution in [0.5, 0.6) is 11.5 Å². The van der Waals surface area contributed by atoms with Crippen LogP contribution in [0.2, 0.25) is 0 Å². The fraction of sp³-hybridized carbons (Fsp3) is 0.571. The van der Waals surface area contributed by atoms with Crippen LogP contribution < -0.4 is 14.8 Å². The molecule has 1 saturated heterocycles. The second-order valence-electron chi connectivity index (χ2n) is 4.95. The van der Waals surface area contributed by atoms with Crippen molar-refractivity contribution in [3.8, 4) is 11.5 Å². The first kappa shape index (κ1) is 11.8. The highest BCUT2D eigenvalue weighted by Gasteiger charge is 2.26. The molecule has 0 spiro atoms. The zero-order chi connectivity index (χ0) is 12.4. The Kier molecular flexibility index (Phi) is 3.39. The molecular formula is C14H19NO3. The predicted octanol–water partition coefficient (Wildman–Crippen LogP) is 1.14. The molecule has 2 unspecified atom stereocenters. The third kappa shape index (κ3) is 2.18. The number of aliphatic hydroxyl groups excluding tert-OH is 1. The number of ether oxygens (including phenoxy) is 2. The maximum atomic E-state index is 9.64. The maximum Gasteiger partial charge on any atom is 0.161 e. The van der Waals surface area contributed by atoms with E-state index >= 15 is 0 Å². The van der Waals surface area contributed by atoms with Crippen molar-refractivity contribution in [1.82, 2.24) is 5.32 Å². The SMILES string of the molecule is OCC(c1ccc2c(c1)OCCO2)C1CCNC1. The van der Waals surface area contributed by atoms with E-state index in [1.54, 1.807) is 0 Å². The monoisotopic (exact) mass is 249 g/mol. The van der Waals surface area contributed by atoms with E-state index in [9.17, 15) is 5.11 Å². The number of aliphatic hydroxyl groups is 1. The molecule has 2 N–H and O–H groups in total. The van der Waals surface area contributed by atoms with E-state index in [-0.39, 0.29) is 12.5 Å². The van der Waals surface area contributed by atoms with E-state index in [1.165, 1.54) is 0 Å². The molecule has 0 bridgehead atoms. The Bertz CT molecular complexity index is 416. The summed E-state index contributed by atoms with van der Waals surface area (Å²) in [7, 11) is 0. The highest BCUT2D eigenvalue weighted by Crippen LogP contribution is 2.36. The lowest BCUT2D eigenvalue weighted by Gasteiger charge is -2.24. The van der Waals surface area contributed by atoms with Crippen molar-refractivity contribution in [2.24, 2.45) is 5.92 Å². The highest BCUT2D eigenvalue weighted by atomic mass is 16.6. The topological polar surface area (TPSA) is 50.7 Å². The molecule has 0 radical (unpaired) electrons. The molecular weight excluding hydrogens is 230 g/mol. The van der Waals surface area contributed by atoms with Gasteiger partial charge < -0.3 is 19.9 Å². The first-order valence-corrected chi connectivity index (χ1v) is 6.59. The van der Waals surface area contributed by atoms with Crippen molar-refractivity contribution >= 4 is 0 Å². The van der Waals surface area contributed by atoms with Crippen LogP contribution in [0, 0.1) is 5.92 Å². The van der Waals surface area contributed by atoms with Crippen LogP contribution >= 0.6 is 0 Å². The van der Waals surface area contributed by atoms with Gasteiger partial charge in [-0.2, -0.15) is 0 Å². The minimum Gasteiger partial charge on any atom is -0.486 e. The van der Waals surface area contributed by atoms with Crippen molar-refractivity contribution in [1.29, 1.82) is 0 Å². The van der Waals surface area contributed by atoms with Gasteiger partial charge in [-0.3, -0.25) is 0 Å². The molecule has 4 heteroatoms. The van der Waals surface area contributed by atoms with Gasteiger partial charge in [0.25, 0.3) is 0 Å². The van der Waals surface area contributed by atoms with Crippen LogP contribution in [0.15, 0.2) is 18.2 Å². The molecule has 2 aliphatic rings. The van der Waals surface area contributed by atoms with Crippen LogP contribution in [0.3, 0.4) is 0 Å². The van der Waals surface area contributed by atoms with Crippen molar-refractivity contribution in [3.63, 3.8) is 0 Å². The highest BCUT2D eigenvalue weighted by molar-refractivity contribution is 5.45. The smallest absolute Gasteiger partial charge is 0.161 e. The largest absolute Gasteiger partial charge is 0.486 e. The molecule has 1 aromatic carbocycles. The van der Waals surface area contributed by atoms with Gasteiger partial charge in [0.2, 0.25) is 0 Å². The molecule has 0 aromatic heterocycles. The number of fused-ring (bicyclic) bond motifs is 1. The lowest BCUT2D eigenvalue weighted by molar-refractivity contribution is 0.170. The van der Waals surface area contributed by atoms with Gasteiger partial charge in [-0.15, -0.1) is 0 Å². The number of hydrogen-bond donors (Lipinski definition) is 2. The van der Waals surface area contributed by atoms with Gasteiger partial charge in [0.05, 0.1) is 6.61 Å². The summed E-state index contributed by atoms with van der Waals surface area (Å²) in [4.78, 5) is 0. The Morgan fingerprint density at radius 1 is 1.28 bits per heavy atom. The van der Waals surface area contributed by atoms with Crippen LogP contribution in [0.4, 0.5) is 0 Å². The van der Waals surface area contributed by atoms with E-state index in [1.807, 2.05) is 18.2 Å².